The van der Waals surface area contributed by atoms with Crippen LogP contribution in [0, 0.1) is 5.92 Å². The summed E-state index contributed by atoms with van der Waals surface area (Å²) in [4.78, 5) is 27.5. The molecule has 1 saturated heterocycles. The molecule has 1 fully saturated rings. The van der Waals surface area contributed by atoms with Crippen molar-refractivity contribution >= 4 is 11.7 Å². The fraction of sp³-hybridized carbons (Fsp3) is 0.625. The van der Waals surface area contributed by atoms with Crippen LogP contribution in [-0.4, -0.2) is 29.0 Å². The Labute approximate surface area is 138 Å². The molecule has 1 atom stereocenters. The number of anilines is 1. The summed E-state index contributed by atoms with van der Waals surface area (Å²) in [6, 6.07) is 0.131. The van der Waals surface area contributed by atoms with Crippen LogP contribution in [0.15, 0.2) is 17.1 Å². The fourth-order valence-corrected chi connectivity index (χ4v) is 3.00. The maximum Gasteiger partial charge on any atom is 0.417 e. The quantitative estimate of drug-likeness (QED) is 0.874. The van der Waals surface area contributed by atoms with Gasteiger partial charge in [0.05, 0.1) is 5.56 Å². The van der Waals surface area contributed by atoms with Gasteiger partial charge in [0.1, 0.15) is 5.69 Å². The van der Waals surface area contributed by atoms with Gasteiger partial charge in [-0.3, -0.25) is 4.79 Å². The largest absolute Gasteiger partial charge is 0.417 e. The Morgan fingerprint density at radius 3 is 2.79 bits per heavy atom. The Kier molecular flexibility index (Phi) is 5.90. The summed E-state index contributed by atoms with van der Waals surface area (Å²) in [5, 5.41) is 2.31. The van der Waals surface area contributed by atoms with Crippen LogP contribution in [0.3, 0.4) is 0 Å². The SMILES string of the molecule is CCC[C@@H]1CCCN(C(=O)Nc2cc(C(F)(F)F)c[nH]c2=O)CC1. The zero-order valence-corrected chi connectivity index (χ0v) is 13.6. The van der Waals surface area contributed by atoms with Crippen LogP contribution >= 0.6 is 0 Å². The van der Waals surface area contributed by atoms with E-state index in [1.807, 2.05) is 4.98 Å². The van der Waals surface area contributed by atoms with E-state index in [0.717, 1.165) is 32.1 Å². The summed E-state index contributed by atoms with van der Waals surface area (Å²) in [5.74, 6) is 0.574. The summed E-state index contributed by atoms with van der Waals surface area (Å²) in [5.41, 5.74) is -2.14. The summed E-state index contributed by atoms with van der Waals surface area (Å²) in [6.07, 6.45) is 0.997. The first-order valence-electron chi connectivity index (χ1n) is 8.17. The van der Waals surface area contributed by atoms with Crippen LogP contribution in [0.5, 0.6) is 0 Å². The second-order valence-electron chi connectivity index (χ2n) is 6.13. The molecule has 0 aromatic carbocycles. The number of nitrogens with zero attached hydrogens (tertiary/aromatic N) is 1. The van der Waals surface area contributed by atoms with Gasteiger partial charge in [0.15, 0.2) is 0 Å². The number of likely N-dealkylation sites (tertiary alicyclic amines) is 1. The Morgan fingerprint density at radius 2 is 2.12 bits per heavy atom. The topological polar surface area (TPSA) is 65.2 Å². The number of urea groups is 1. The lowest BCUT2D eigenvalue weighted by Gasteiger charge is -2.21. The predicted octanol–water partition coefficient (Wildman–Crippen LogP) is 3.83. The van der Waals surface area contributed by atoms with Crippen molar-refractivity contribution in [2.24, 2.45) is 5.92 Å². The van der Waals surface area contributed by atoms with E-state index in [1.165, 1.54) is 0 Å². The number of alkyl halides is 3. The van der Waals surface area contributed by atoms with Gasteiger partial charge in [0, 0.05) is 19.3 Å². The van der Waals surface area contributed by atoms with E-state index in [-0.39, 0.29) is 5.69 Å². The van der Waals surface area contributed by atoms with Gasteiger partial charge in [-0.2, -0.15) is 13.2 Å². The van der Waals surface area contributed by atoms with E-state index in [2.05, 4.69) is 12.2 Å². The third-order valence-corrected chi connectivity index (χ3v) is 4.30. The molecule has 24 heavy (non-hydrogen) atoms. The molecular formula is C16H22F3N3O2. The number of H-pyrrole nitrogens is 1. The molecule has 2 rings (SSSR count). The van der Waals surface area contributed by atoms with E-state index >= 15 is 0 Å². The van der Waals surface area contributed by atoms with Crippen molar-refractivity contribution in [3.8, 4) is 0 Å². The molecule has 0 saturated carbocycles. The van der Waals surface area contributed by atoms with Crippen LogP contribution in [0.1, 0.15) is 44.6 Å². The number of pyridine rings is 1. The molecule has 0 aliphatic carbocycles. The van der Waals surface area contributed by atoms with Gasteiger partial charge in [0.25, 0.3) is 5.56 Å². The first-order valence-corrected chi connectivity index (χ1v) is 8.17. The van der Waals surface area contributed by atoms with Crippen molar-refractivity contribution in [1.82, 2.24) is 9.88 Å². The zero-order valence-electron chi connectivity index (χ0n) is 13.6. The number of amides is 2. The van der Waals surface area contributed by atoms with Crippen molar-refractivity contribution in [1.29, 1.82) is 0 Å². The van der Waals surface area contributed by atoms with E-state index in [0.29, 0.717) is 31.3 Å². The van der Waals surface area contributed by atoms with Crippen molar-refractivity contribution < 1.29 is 18.0 Å². The second-order valence-corrected chi connectivity index (χ2v) is 6.13. The van der Waals surface area contributed by atoms with Crippen LogP contribution < -0.4 is 10.9 Å². The molecule has 5 nitrogen and oxygen atoms in total. The molecule has 0 bridgehead atoms. The molecule has 2 amide bonds. The molecular weight excluding hydrogens is 323 g/mol. The molecule has 1 aromatic rings. The molecule has 2 N–H and O–H groups in total. The molecule has 0 spiro atoms. The number of aromatic amines is 1. The number of carbonyl (C=O) groups is 1. The second kappa shape index (κ2) is 7.72. The lowest BCUT2D eigenvalue weighted by molar-refractivity contribution is -0.137. The average Bonchev–Trinajstić information content (AvgIpc) is 2.74. The highest BCUT2D eigenvalue weighted by molar-refractivity contribution is 5.89. The van der Waals surface area contributed by atoms with Gasteiger partial charge < -0.3 is 15.2 Å². The Bertz CT molecular complexity index is 628. The lowest BCUT2D eigenvalue weighted by Crippen LogP contribution is -2.37. The Morgan fingerprint density at radius 1 is 1.38 bits per heavy atom. The predicted molar refractivity (Wildman–Crippen MR) is 84.9 cm³/mol. The molecule has 1 aromatic heterocycles. The molecule has 2 heterocycles. The summed E-state index contributed by atoms with van der Waals surface area (Å²) >= 11 is 0. The van der Waals surface area contributed by atoms with Gasteiger partial charge in [-0.15, -0.1) is 0 Å². The van der Waals surface area contributed by atoms with Crippen LogP contribution in [-0.2, 0) is 6.18 Å². The van der Waals surface area contributed by atoms with Crippen LogP contribution in [0.2, 0.25) is 0 Å². The highest BCUT2D eigenvalue weighted by Gasteiger charge is 2.31. The normalized spacial score (nSPS) is 19.0. The number of hydrogen-bond donors (Lipinski definition) is 2. The summed E-state index contributed by atoms with van der Waals surface area (Å²) in [6.45, 7) is 3.21. The first-order chi connectivity index (χ1) is 11.3. The number of hydrogen-bond acceptors (Lipinski definition) is 2. The minimum Gasteiger partial charge on any atom is -0.327 e. The van der Waals surface area contributed by atoms with Crippen molar-refractivity contribution in [3.63, 3.8) is 0 Å². The molecule has 0 unspecified atom stereocenters. The van der Waals surface area contributed by atoms with Gasteiger partial charge in [-0.1, -0.05) is 19.8 Å². The molecule has 134 valence electrons. The highest BCUT2D eigenvalue weighted by Crippen LogP contribution is 2.29. The van der Waals surface area contributed by atoms with Gasteiger partial charge >= 0.3 is 12.2 Å². The lowest BCUT2D eigenvalue weighted by atomic mass is 9.96. The highest BCUT2D eigenvalue weighted by atomic mass is 19.4. The van der Waals surface area contributed by atoms with Crippen LogP contribution in [0.25, 0.3) is 0 Å². The standard InChI is InChI=1S/C16H22F3N3O2/c1-2-4-11-5-3-7-22(8-6-11)15(24)21-13-9-12(16(17,18)19)10-20-14(13)23/h9-11H,2-8H2,1H3,(H,20,23)(H,21,24)/t11-/m1/s1. The zero-order chi connectivity index (χ0) is 17.7. The minimum atomic E-state index is -4.58. The maximum absolute atomic E-state index is 12.7. The van der Waals surface area contributed by atoms with E-state index < -0.39 is 23.3 Å². The van der Waals surface area contributed by atoms with Crippen LogP contribution in [0.4, 0.5) is 23.7 Å². The van der Waals surface area contributed by atoms with E-state index in [1.54, 1.807) is 4.90 Å². The maximum atomic E-state index is 12.7. The van der Waals surface area contributed by atoms with Crippen molar-refractivity contribution in [2.75, 3.05) is 18.4 Å². The fourth-order valence-electron chi connectivity index (χ4n) is 3.00. The van der Waals surface area contributed by atoms with Gasteiger partial charge in [0.2, 0.25) is 0 Å². The summed E-state index contributed by atoms with van der Waals surface area (Å²) < 4.78 is 38.1. The van der Waals surface area contributed by atoms with Gasteiger partial charge in [-0.25, -0.2) is 4.79 Å². The number of rotatable bonds is 3. The molecule has 8 heteroatoms. The summed E-state index contributed by atoms with van der Waals surface area (Å²) in [7, 11) is 0. The minimum absolute atomic E-state index is 0.385. The number of nitrogens with one attached hydrogen (secondary N) is 2. The first kappa shape index (κ1) is 18.4. The van der Waals surface area contributed by atoms with Gasteiger partial charge in [-0.05, 0) is 31.2 Å². The Balaban J connectivity index is 2.05. The van der Waals surface area contributed by atoms with E-state index in [9.17, 15) is 22.8 Å². The smallest absolute Gasteiger partial charge is 0.327 e. The van der Waals surface area contributed by atoms with E-state index in [4.69, 9.17) is 0 Å². The monoisotopic (exact) mass is 345 g/mol. The Hall–Kier alpha value is -1.99. The average molecular weight is 345 g/mol. The number of carbonyl (C=O) groups excluding carboxylic acids is 1. The van der Waals surface area contributed by atoms with Crippen molar-refractivity contribution in [2.45, 2.75) is 45.2 Å². The van der Waals surface area contributed by atoms with Crippen molar-refractivity contribution in [3.05, 3.63) is 28.2 Å². The molecule has 1 aliphatic rings. The molecule has 0 radical (unpaired) electrons. The third kappa shape index (κ3) is 4.75. The third-order valence-electron chi connectivity index (χ3n) is 4.30. The molecule has 1 aliphatic heterocycles. The number of aromatic nitrogens is 1. The number of halogens is 3.